The molecular formula is C29H24IrNO3-. The van der Waals surface area contributed by atoms with Crippen LogP contribution in [0.25, 0.3) is 33.3 Å². The number of aliphatic hydroxyl groups excluding tert-OH is 1. The van der Waals surface area contributed by atoms with E-state index in [-0.39, 0.29) is 37.4 Å². The number of aliphatic hydroxyl groups is 1. The monoisotopic (exact) mass is 627 g/mol. The normalized spacial score (nSPS) is 11.8. The van der Waals surface area contributed by atoms with E-state index >= 15 is 0 Å². The van der Waals surface area contributed by atoms with Crippen molar-refractivity contribution < 1.29 is 34.8 Å². The minimum absolute atomic E-state index is 0. The maximum absolute atomic E-state index is 12.7. The molecule has 0 aliphatic heterocycles. The number of carbonyl (C=O) groups excluding carboxylic acids is 2. The fourth-order valence-electron chi connectivity index (χ4n) is 4.21. The first-order valence-electron chi connectivity index (χ1n) is 10.7. The second kappa shape index (κ2) is 10.3. The topological polar surface area (TPSA) is 67.3 Å². The van der Waals surface area contributed by atoms with Crippen LogP contribution in [-0.2, 0) is 24.9 Å². The number of pyridine rings is 1. The van der Waals surface area contributed by atoms with Crippen molar-refractivity contribution in [3.8, 4) is 22.4 Å². The number of aryl methyl sites for hydroxylation is 2. The van der Waals surface area contributed by atoms with Crippen LogP contribution in [-0.4, -0.2) is 21.7 Å². The summed E-state index contributed by atoms with van der Waals surface area (Å²) in [5.74, 6) is 0.0386. The Labute approximate surface area is 212 Å². The Bertz CT molecular complexity index is 1430. The quantitative estimate of drug-likeness (QED) is 0.137. The van der Waals surface area contributed by atoms with Crippen LogP contribution in [0.3, 0.4) is 0 Å². The molecule has 34 heavy (non-hydrogen) atoms. The van der Waals surface area contributed by atoms with Crippen molar-refractivity contribution in [3.05, 3.63) is 101 Å². The van der Waals surface area contributed by atoms with Crippen LogP contribution in [0, 0.1) is 19.9 Å². The first-order chi connectivity index (χ1) is 15.7. The summed E-state index contributed by atoms with van der Waals surface area (Å²) in [5.41, 5.74) is 8.67. The summed E-state index contributed by atoms with van der Waals surface area (Å²) in [7, 11) is 0. The number of allylic oxidation sites excluding steroid dienone is 2. The molecule has 1 N–H and O–H groups in total. The van der Waals surface area contributed by atoms with Crippen LogP contribution in [0.2, 0.25) is 0 Å². The van der Waals surface area contributed by atoms with Gasteiger partial charge in [-0.2, -0.15) is 0 Å². The van der Waals surface area contributed by atoms with Crippen molar-refractivity contribution in [1.82, 2.24) is 4.98 Å². The van der Waals surface area contributed by atoms with Crippen LogP contribution in [0.5, 0.6) is 0 Å². The number of carbonyl (C=O) groups is 2. The molecule has 173 valence electrons. The smallest absolute Gasteiger partial charge is 0.194 e. The molecule has 0 saturated carbocycles. The molecule has 5 rings (SSSR count). The number of rotatable bonds is 2. The second-order valence-corrected chi connectivity index (χ2v) is 8.28. The third kappa shape index (κ3) is 5.06. The summed E-state index contributed by atoms with van der Waals surface area (Å²) in [4.78, 5) is 27.5. The van der Waals surface area contributed by atoms with E-state index < -0.39 is 0 Å². The van der Waals surface area contributed by atoms with Gasteiger partial charge in [0, 0.05) is 48.3 Å². The minimum atomic E-state index is -0.125. The van der Waals surface area contributed by atoms with Crippen LogP contribution in [0.15, 0.2) is 72.5 Å². The van der Waals surface area contributed by atoms with Crippen molar-refractivity contribution in [1.29, 1.82) is 0 Å². The van der Waals surface area contributed by atoms with E-state index in [0.717, 1.165) is 50.0 Å². The third-order valence-corrected chi connectivity index (χ3v) is 5.39. The average molecular weight is 627 g/mol. The molecule has 1 heterocycles. The molecule has 0 amide bonds. The van der Waals surface area contributed by atoms with Gasteiger partial charge in [-0.05, 0) is 37.2 Å². The van der Waals surface area contributed by atoms with Gasteiger partial charge in [-0.1, -0.05) is 50.2 Å². The first kappa shape index (κ1) is 25.2. The summed E-state index contributed by atoms with van der Waals surface area (Å²) >= 11 is 0. The van der Waals surface area contributed by atoms with E-state index in [1.165, 1.54) is 25.5 Å². The molecule has 0 atom stereocenters. The predicted molar refractivity (Wildman–Crippen MR) is 131 cm³/mol. The van der Waals surface area contributed by atoms with Gasteiger partial charge in [0.25, 0.3) is 0 Å². The van der Waals surface area contributed by atoms with Gasteiger partial charge in [-0.15, -0.1) is 34.9 Å². The number of nitrogens with zero attached hydrogens (tertiary/aromatic N) is 1. The van der Waals surface area contributed by atoms with Crippen LogP contribution >= 0.6 is 0 Å². The Hall–Kier alpha value is -3.40. The SMILES string of the molecule is CC(=O)/C=C(/C)O.Cc1[c-]c(-c2ccc3c4c(ccc3n2)C(=O)c2ccccc2-4)cc(C)c1.[Ir]. The number of hydrogen-bond donors (Lipinski definition) is 1. The molecular weight excluding hydrogens is 603 g/mol. The van der Waals surface area contributed by atoms with Crippen molar-refractivity contribution in [2.24, 2.45) is 0 Å². The molecule has 1 aliphatic carbocycles. The largest absolute Gasteiger partial charge is 0.512 e. The van der Waals surface area contributed by atoms with Gasteiger partial charge in [0.05, 0.1) is 11.3 Å². The van der Waals surface area contributed by atoms with Gasteiger partial charge in [-0.25, -0.2) is 0 Å². The van der Waals surface area contributed by atoms with E-state index in [4.69, 9.17) is 10.1 Å². The number of benzene rings is 3. The average Bonchev–Trinajstić information content (AvgIpc) is 3.05. The molecule has 1 aromatic heterocycles. The van der Waals surface area contributed by atoms with Crippen molar-refractivity contribution >= 4 is 22.5 Å². The molecule has 5 heteroatoms. The Kier molecular flexibility index (Phi) is 7.61. The maximum atomic E-state index is 12.7. The molecule has 0 unspecified atom stereocenters. The molecule has 4 nitrogen and oxygen atoms in total. The fraction of sp³-hybridized carbons (Fsp3) is 0.138. The van der Waals surface area contributed by atoms with Gasteiger partial charge >= 0.3 is 0 Å². The number of fused-ring (bicyclic) bond motifs is 5. The third-order valence-electron chi connectivity index (χ3n) is 5.39. The zero-order chi connectivity index (χ0) is 23.7. The Balaban J connectivity index is 0.000000357. The Morgan fingerprint density at radius 3 is 2.26 bits per heavy atom. The van der Waals surface area contributed by atoms with E-state index in [1.54, 1.807) is 0 Å². The van der Waals surface area contributed by atoms with Crippen LogP contribution in [0.1, 0.15) is 40.9 Å². The Morgan fingerprint density at radius 1 is 0.941 bits per heavy atom. The van der Waals surface area contributed by atoms with Crippen molar-refractivity contribution in [2.45, 2.75) is 27.7 Å². The summed E-state index contributed by atoms with van der Waals surface area (Å²) in [5, 5.41) is 9.39. The molecule has 0 bridgehead atoms. The van der Waals surface area contributed by atoms with Crippen molar-refractivity contribution in [3.63, 3.8) is 0 Å². The number of hydrogen-bond acceptors (Lipinski definition) is 4. The molecule has 0 saturated heterocycles. The fourth-order valence-corrected chi connectivity index (χ4v) is 4.21. The van der Waals surface area contributed by atoms with E-state index in [9.17, 15) is 9.59 Å². The summed E-state index contributed by atoms with van der Waals surface area (Å²) < 4.78 is 0. The summed E-state index contributed by atoms with van der Waals surface area (Å²) in [6.07, 6.45) is 1.17. The Morgan fingerprint density at radius 2 is 1.65 bits per heavy atom. The predicted octanol–water partition coefficient (Wildman–Crippen LogP) is 6.56. The van der Waals surface area contributed by atoms with E-state index in [2.05, 4.69) is 31.2 Å². The molecule has 0 spiro atoms. The standard InChI is InChI=1S/C24H16NO.C5H8O2.Ir/c1-14-11-15(2)13-16(12-14)21-9-7-19-22(25-21)10-8-20-23(19)17-5-3-4-6-18(17)24(20)26;1-4(6)3-5(2)7;/h3-12H,1-2H3;3,6H,1-2H3;/q-1;;/b;4-3-;. The van der Waals surface area contributed by atoms with E-state index in [0.29, 0.717) is 0 Å². The van der Waals surface area contributed by atoms with E-state index in [1.807, 2.05) is 49.4 Å². The zero-order valence-corrected chi connectivity index (χ0v) is 21.8. The molecule has 0 fully saturated rings. The van der Waals surface area contributed by atoms with Crippen LogP contribution < -0.4 is 0 Å². The van der Waals surface area contributed by atoms with Gasteiger partial charge in [0.15, 0.2) is 11.6 Å². The number of ketones is 2. The van der Waals surface area contributed by atoms with Gasteiger partial charge in [0.2, 0.25) is 0 Å². The van der Waals surface area contributed by atoms with Crippen molar-refractivity contribution in [2.75, 3.05) is 0 Å². The first-order valence-corrected chi connectivity index (χ1v) is 10.7. The van der Waals surface area contributed by atoms with Gasteiger partial charge in [-0.3, -0.25) is 14.6 Å². The zero-order valence-electron chi connectivity index (χ0n) is 19.4. The number of aromatic nitrogens is 1. The molecule has 4 aromatic rings. The summed E-state index contributed by atoms with van der Waals surface area (Å²) in [6, 6.07) is 23.4. The molecule has 3 aromatic carbocycles. The van der Waals surface area contributed by atoms with Gasteiger partial charge < -0.3 is 5.11 Å². The molecule has 1 aliphatic rings. The van der Waals surface area contributed by atoms with Crippen LogP contribution in [0.4, 0.5) is 0 Å². The second-order valence-electron chi connectivity index (χ2n) is 8.28. The maximum Gasteiger partial charge on any atom is 0.194 e. The van der Waals surface area contributed by atoms with Gasteiger partial charge in [0.1, 0.15) is 0 Å². The minimum Gasteiger partial charge on any atom is -0.512 e. The summed E-state index contributed by atoms with van der Waals surface area (Å²) in [6.45, 7) is 6.98. The molecule has 1 radical (unpaired) electrons.